The van der Waals surface area contributed by atoms with Crippen LogP contribution in [0.4, 0.5) is 5.69 Å². The van der Waals surface area contributed by atoms with Gasteiger partial charge in [0.2, 0.25) is 5.91 Å². The zero-order valence-electron chi connectivity index (χ0n) is 15.7. The lowest BCUT2D eigenvalue weighted by molar-refractivity contribution is -0.141. The van der Waals surface area contributed by atoms with Gasteiger partial charge in [0.05, 0.1) is 5.92 Å². The maximum Gasteiger partial charge on any atom is 0.306 e. The summed E-state index contributed by atoms with van der Waals surface area (Å²) < 4.78 is 5.85. The predicted molar refractivity (Wildman–Crippen MR) is 104 cm³/mol. The van der Waals surface area contributed by atoms with Crippen molar-refractivity contribution in [1.29, 1.82) is 0 Å². The summed E-state index contributed by atoms with van der Waals surface area (Å²) in [5, 5.41) is 12.0. The molecule has 0 radical (unpaired) electrons. The number of amides is 1. The number of hydrogen-bond donors (Lipinski definition) is 2. The van der Waals surface area contributed by atoms with E-state index in [9.17, 15) is 9.59 Å². The van der Waals surface area contributed by atoms with E-state index in [4.69, 9.17) is 9.84 Å². The Morgan fingerprint density at radius 3 is 2.56 bits per heavy atom. The summed E-state index contributed by atoms with van der Waals surface area (Å²) >= 11 is 0. The van der Waals surface area contributed by atoms with Gasteiger partial charge in [-0.05, 0) is 62.4 Å². The first kappa shape index (κ1) is 19.0. The molecule has 2 N–H and O–H groups in total. The van der Waals surface area contributed by atoms with Gasteiger partial charge in [-0.15, -0.1) is 0 Å². The minimum Gasteiger partial charge on any atom is -0.489 e. The maximum atomic E-state index is 12.4. The fraction of sp³-hybridized carbons (Fsp3) is 0.364. The molecule has 2 aromatic rings. The van der Waals surface area contributed by atoms with Crippen molar-refractivity contribution < 1.29 is 19.4 Å². The number of aliphatic carboxylic acids is 1. The average Bonchev–Trinajstić information content (AvgIpc) is 3.13. The topological polar surface area (TPSA) is 75.6 Å². The van der Waals surface area contributed by atoms with Crippen molar-refractivity contribution in [2.45, 2.75) is 39.7 Å². The van der Waals surface area contributed by atoms with Gasteiger partial charge < -0.3 is 15.2 Å². The molecule has 0 unspecified atom stereocenters. The summed E-state index contributed by atoms with van der Waals surface area (Å²) in [5.41, 5.74) is 3.96. The monoisotopic (exact) mass is 367 g/mol. The molecule has 1 saturated carbocycles. The minimum atomic E-state index is -0.809. The Bertz CT molecular complexity index is 846. The fourth-order valence-corrected chi connectivity index (χ4v) is 3.51. The molecule has 3 rings (SSSR count). The van der Waals surface area contributed by atoms with E-state index in [1.54, 1.807) is 0 Å². The summed E-state index contributed by atoms with van der Waals surface area (Å²) in [6.07, 6.45) is 1.61. The van der Waals surface area contributed by atoms with Gasteiger partial charge in [0.1, 0.15) is 12.4 Å². The van der Waals surface area contributed by atoms with Crippen molar-refractivity contribution in [3.63, 3.8) is 0 Å². The standard InChI is InChI=1S/C22H25NO4/c1-14-4-3-5-16(10-14)13-27-19-8-9-20(15(2)11-19)23-21(24)17-6-7-18(12-17)22(25)26/h3-5,8-11,17-18H,6-7,12-13H2,1-2H3,(H,23,24)(H,25,26)/t17-,18+/m1/s1. The van der Waals surface area contributed by atoms with Crippen LogP contribution in [0.2, 0.25) is 0 Å². The number of anilines is 1. The van der Waals surface area contributed by atoms with Gasteiger partial charge in [-0.3, -0.25) is 9.59 Å². The fourth-order valence-electron chi connectivity index (χ4n) is 3.51. The summed E-state index contributed by atoms with van der Waals surface area (Å²) in [6, 6.07) is 13.8. The highest BCUT2D eigenvalue weighted by Crippen LogP contribution is 2.32. The molecule has 0 aliphatic heterocycles. The number of hydrogen-bond acceptors (Lipinski definition) is 3. The Kier molecular flexibility index (Phi) is 5.79. The van der Waals surface area contributed by atoms with Gasteiger partial charge in [0, 0.05) is 11.6 Å². The van der Waals surface area contributed by atoms with Crippen molar-refractivity contribution in [2.24, 2.45) is 11.8 Å². The number of rotatable bonds is 6. The molecule has 0 saturated heterocycles. The van der Waals surface area contributed by atoms with Crippen LogP contribution >= 0.6 is 0 Å². The van der Waals surface area contributed by atoms with E-state index in [1.807, 2.05) is 50.2 Å². The number of carbonyl (C=O) groups is 2. The highest BCUT2D eigenvalue weighted by molar-refractivity contribution is 5.94. The molecule has 5 heteroatoms. The highest BCUT2D eigenvalue weighted by Gasteiger charge is 2.33. The van der Waals surface area contributed by atoms with Crippen molar-refractivity contribution in [1.82, 2.24) is 0 Å². The summed E-state index contributed by atoms with van der Waals surface area (Å²) in [5.74, 6) is -0.798. The number of carboxylic acid groups (broad SMARTS) is 1. The van der Waals surface area contributed by atoms with Crippen LogP contribution in [0.3, 0.4) is 0 Å². The van der Waals surface area contributed by atoms with Crippen LogP contribution in [0.1, 0.15) is 36.0 Å². The Morgan fingerprint density at radius 2 is 1.89 bits per heavy atom. The lowest BCUT2D eigenvalue weighted by atomic mass is 10.0. The quantitative estimate of drug-likeness (QED) is 0.797. The molecule has 0 bridgehead atoms. The zero-order chi connectivity index (χ0) is 19.4. The molecule has 1 aliphatic carbocycles. The lowest BCUT2D eigenvalue weighted by Crippen LogP contribution is -2.22. The van der Waals surface area contributed by atoms with Crippen LogP contribution in [0.25, 0.3) is 0 Å². The molecule has 1 amide bonds. The molecule has 1 fully saturated rings. The Labute approximate surface area is 159 Å². The summed E-state index contributed by atoms with van der Waals surface area (Å²) in [7, 11) is 0. The zero-order valence-corrected chi connectivity index (χ0v) is 15.7. The second kappa shape index (κ2) is 8.25. The number of ether oxygens (including phenoxy) is 1. The predicted octanol–water partition coefficient (Wildman–Crippen LogP) is 4.32. The van der Waals surface area contributed by atoms with Crippen LogP contribution in [0.5, 0.6) is 5.75 Å². The van der Waals surface area contributed by atoms with Crippen molar-refractivity contribution in [3.8, 4) is 5.75 Å². The van der Waals surface area contributed by atoms with E-state index in [1.165, 1.54) is 5.56 Å². The van der Waals surface area contributed by atoms with E-state index in [0.717, 1.165) is 22.6 Å². The van der Waals surface area contributed by atoms with E-state index in [0.29, 0.717) is 25.9 Å². The van der Waals surface area contributed by atoms with E-state index < -0.39 is 11.9 Å². The molecule has 5 nitrogen and oxygen atoms in total. The van der Waals surface area contributed by atoms with Crippen molar-refractivity contribution in [3.05, 3.63) is 59.2 Å². The summed E-state index contributed by atoms with van der Waals surface area (Å²) in [6.45, 7) is 4.46. The smallest absolute Gasteiger partial charge is 0.306 e. The van der Waals surface area contributed by atoms with Gasteiger partial charge in [-0.1, -0.05) is 29.8 Å². The molecule has 0 heterocycles. The van der Waals surface area contributed by atoms with E-state index in [2.05, 4.69) is 11.4 Å². The molecular formula is C22H25NO4. The molecular weight excluding hydrogens is 342 g/mol. The van der Waals surface area contributed by atoms with Crippen molar-refractivity contribution in [2.75, 3.05) is 5.32 Å². The lowest BCUT2D eigenvalue weighted by Gasteiger charge is -2.14. The molecule has 2 aromatic carbocycles. The number of carbonyl (C=O) groups excluding carboxylic acids is 1. The number of aryl methyl sites for hydroxylation is 2. The number of nitrogens with one attached hydrogen (secondary N) is 1. The third kappa shape index (κ3) is 4.88. The molecule has 0 aromatic heterocycles. The van der Waals surface area contributed by atoms with Crippen LogP contribution in [0.15, 0.2) is 42.5 Å². The normalized spacial score (nSPS) is 18.9. The van der Waals surface area contributed by atoms with E-state index in [-0.39, 0.29) is 11.8 Å². The number of carboxylic acids is 1. The van der Waals surface area contributed by atoms with Crippen LogP contribution < -0.4 is 10.1 Å². The third-order valence-electron chi connectivity index (χ3n) is 5.10. The van der Waals surface area contributed by atoms with Crippen LogP contribution in [0, 0.1) is 25.7 Å². The Balaban J connectivity index is 1.58. The first-order chi connectivity index (χ1) is 12.9. The largest absolute Gasteiger partial charge is 0.489 e. The van der Waals surface area contributed by atoms with Gasteiger partial charge in [0.15, 0.2) is 0 Å². The van der Waals surface area contributed by atoms with Gasteiger partial charge in [-0.25, -0.2) is 0 Å². The number of benzene rings is 2. The second-order valence-corrected chi connectivity index (χ2v) is 7.29. The Hall–Kier alpha value is -2.82. The SMILES string of the molecule is Cc1cccc(COc2ccc(NC(=O)[C@@H]3CC[C@H](C(=O)O)C3)c(C)c2)c1. The average molecular weight is 367 g/mol. The molecule has 0 spiro atoms. The molecule has 2 atom stereocenters. The van der Waals surface area contributed by atoms with Crippen LogP contribution in [-0.2, 0) is 16.2 Å². The molecule has 1 aliphatic rings. The van der Waals surface area contributed by atoms with Crippen LogP contribution in [-0.4, -0.2) is 17.0 Å². The summed E-state index contributed by atoms with van der Waals surface area (Å²) in [4.78, 5) is 23.5. The molecule has 27 heavy (non-hydrogen) atoms. The van der Waals surface area contributed by atoms with Gasteiger partial charge in [0.25, 0.3) is 0 Å². The highest BCUT2D eigenvalue weighted by atomic mass is 16.5. The minimum absolute atomic E-state index is 0.102. The molecule has 142 valence electrons. The first-order valence-corrected chi connectivity index (χ1v) is 9.25. The van der Waals surface area contributed by atoms with Gasteiger partial charge >= 0.3 is 5.97 Å². The van der Waals surface area contributed by atoms with Gasteiger partial charge in [-0.2, -0.15) is 0 Å². The Morgan fingerprint density at radius 1 is 1.11 bits per heavy atom. The third-order valence-corrected chi connectivity index (χ3v) is 5.10. The first-order valence-electron chi connectivity index (χ1n) is 9.25. The maximum absolute atomic E-state index is 12.4. The van der Waals surface area contributed by atoms with E-state index >= 15 is 0 Å². The second-order valence-electron chi connectivity index (χ2n) is 7.29. The van der Waals surface area contributed by atoms with Crippen molar-refractivity contribution >= 4 is 17.6 Å².